The maximum Gasteiger partial charge on any atom is 0.255 e. The van der Waals surface area contributed by atoms with E-state index < -0.39 is 6.67 Å². The first-order chi connectivity index (χ1) is 11.6. The molecule has 1 aromatic carbocycles. The van der Waals surface area contributed by atoms with Crippen LogP contribution >= 0.6 is 0 Å². The van der Waals surface area contributed by atoms with E-state index in [9.17, 15) is 9.18 Å². The van der Waals surface area contributed by atoms with Crippen LogP contribution in [0.3, 0.4) is 0 Å². The molecule has 1 heterocycles. The minimum Gasteiger partial charge on any atom is -0.493 e. The van der Waals surface area contributed by atoms with E-state index in [-0.39, 0.29) is 12.3 Å². The van der Waals surface area contributed by atoms with Crippen LogP contribution < -0.4 is 14.8 Å². The van der Waals surface area contributed by atoms with Crippen molar-refractivity contribution < 1.29 is 18.7 Å². The number of amides is 1. The number of carbonyl (C=O) groups excluding carboxylic acids is 1. The number of likely N-dealkylation sites (tertiary alicyclic amines) is 1. The number of ether oxygens (including phenoxy) is 2. The van der Waals surface area contributed by atoms with Gasteiger partial charge in [0.15, 0.2) is 11.5 Å². The number of alkyl halides is 1. The minimum atomic E-state index is -0.482. The maximum atomic E-state index is 12.7. The Bertz CT molecular complexity index is 565. The highest BCUT2D eigenvalue weighted by Crippen LogP contribution is 2.33. The van der Waals surface area contributed by atoms with Crippen LogP contribution in [-0.4, -0.2) is 57.4 Å². The molecule has 2 rings (SSSR count). The first kappa shape index (κ1) is 18.5. The highest BCUT2D eigenvalue weighted by molar-refractivity contribution is 5.98. The van der Waals surface area contributed by atoms with Gasteiger partial charge in [-0.3, -0.25) is 14.1 Å². The number of benzene rings is 1. The number of hydrogen-bond donors (Lipinski definition) is 1. The van der Waals surface area contributed by atoms with Crippen LogP contribution in [0.5, 0.6) is 11.5 Å². The molecule has 1 aliphatic heterocycles. The fraction of sp³-hybridized carbons (Fsp3) is 0.611. The van der Waals surface area contributed by atoms with Gasteiger partial charge in [0.05, 0.1) is 26.5 Å². The van der Waals surface area contributed by atoms with Crippen LogP contribution in [0.1, 0.15) is 35.7 Å². The number of carbonyl (C=O) groups is 1. The van der Waals surface area contributed by atoms with Crippen molar-refractivity contribution in [3.8, 4) is 11.5 Å². The lowest BCUT2D eigenvalue weighted by Crippen LogP contribution is -2.40. The maximum absolute atomic E-state index is 12.7. The van der Waals surface area contributed by atoms with Crippen LogP contribution in [0.2, 0.25) is 0 Å². The first-order valence-electron chi connectivity index (χ1n) is 8.47. The molecule has 5 nitrogen and oxygen atoms in total. The Morgan fingerprint density at radius 2 is 2.17 bits per heavy atom. The van der Waals surface area contributed by atoms with E-state index in [1.165, 1.54) is 14.2 Å². The topological polar surface area (TPSA) is 50.8 Å². The fourth-order valence-electron chi connectivity index (χ4n) is 3.29. The predicted molar refractivity (Wildman–Crippen MR) is 91.8 cm³/mol. The van der Waals surface area contributed by atoms with Crippen LogP contribution in [-0.2, 0) is 6.42 Å². The Kier molecular flexibility index (Phi) is 6.85. The van der Waals surface area contributed by atoms with E-state index in [0.717, 1.165) is 31.5 Å². The molecule has 0 saturated carbocycles. The van der Waals surface area contributed by atoms with Crippen molar-refractivity contribution in [3.63, 3.8) is 0 Å². The molecule has 1 atom stereocenters. The number of nitrogens with zero attached hydrogens (tertiary/aromatic N) is 1. The zero-order chi connectivity index (χ0) is 17.5. The molecule has 0 spiro atoms. The van der Waals surface area contributed by atoms with Gasteiger partial charge in [0.1, 0.15) is 0 Å². The zero-order valence-electron chi connectivity index (χ0n) is 14.7. The van der Waals surface area contributed by atoms with Crippen molar-refractivity contribution in [2.45, 2.75) is 32.2 Å². The first-order valence-corrected chi connectivity index (χ1v) is 8.47. The number of halogens is 1. The Morgan fingerprint density at radius 1 is 1.38 bits per heavy atom. The van der Waals surface area contributed by atoms with Gasteiger partial charge in [0.25, 0.3) is 5.91 Å². The molecule has 0 radical (unpaired) electrons. The Balaban J connectivity index is 2.16. The molecule has 1 aliphatic rings. The van der Waals surface area contributed by atoms with Crippen LogP contribution in [0.4, 0.5) is 4.39 Å². The normalized spacial score (nSPS) is 17.8. The van der Waals surface area contributed by atoms with E-state index in [1.807, 2.05) is 0 Å². The predicted octanol–water partition coefficient (Wildman–Crippen LogP) is 2.43. The van der Waals surface area contributed by atoms with Crippen molar-refractivity contribution in [2.24, 2.45) is 0 Å². The third-order valence-electron chi connectivity index (χ3n) is 4.57. The van der Waals surface area contributed by atoms with Crippen LogP contribution in [0.25, 0.3) is 0 Å². The van der Waals surface area contributed by atoms with Gasteiger partial charge in [0.2, 0.25) is 0 Å². The summed E-state index contributed by atoms with van der Waals surface area (Å²) < 4.78 is 23.3. The number of aryl methyl sites for hydroxylation is 1. The minimum absolute atomic E-state index is 0.214. The number of likely N-dealkylation sites (N-methyl/N-ethyl adjacent to an activating group) is 1. The second-order valence-electron chi connectivity index (χ2n) is 5.95. The average Bonchev–Trinajstić information content (AvgIpc) is 3.06. The third kappa shape index (κ3) is 4.17. The quantitative estimate of drug-likeness (QED) is 0.791. The van der Waals surface area contributed by atoms with Gasteiger partial charge in [-0.15, -0.1) is 0 Å². The van der Waals surface area contributed by atoms with E-state index in [2.05, 4.69) is 17.1 Å². The number of methoxy groups -OCH3 is 2. The highest BCUT2D eigenvalue weighted by atomic mass is 19.1. The van der Waals surface area contributed by atoms with Crippen LogP contribution in [0.15, 0.2) is 12.1 Å². The van der Waals surface area contributed by atoms with Crippen LogP contribution in [0, 0.1) is 0 Å². The van der Waals surface area contributed by atoms with Gasteiger partial charge < -0.3 is 14.8 Å². The molecule has 1 N–H and O–H groups in total. The number of rotatable bonds is 8. The number of nitrogens with one attached hydrogen (secondary N) is 1. The fourth-order valence-corrected chi connectivity index (χ4v) is 3.29. The summed E-state index contributed by atoms with van der Waals surface area (Å²) >= 11 is 0. The molecule has 0 aliphatic carbocycles. The summed E-state index contributed by atoms with van der Waals surface area (Å²) in [6, 6.07) is 3.77. The standard InChI is InChI=1S/C18H27FN2O3/c1-4-21-9-5-6-14(21)12-20-18(22)15-10-13(7-8-19)11-16(23-2)17(15)24-3/h10-11,14H,4-9,12H2,1-3H3,(H,20,22)/t14-/m1/s1. The molecule has 134 valence electrons. The molecule has 0 aromatic heterocycles. The SMILES string of the molecule is CCN1CCC[C@@H]1CNC(=O)c1cc(CCF)cc(OC)c1OC. The lowest BCUT2D eigenvalue weighted by Gasteiger charge is -2.23. The molecule has 0 bridgehead atoms. The van der Waals surface area contributed by atoms with Gasteiger partial charge in [0, 0.05) is 19.0 Å². The smallest absolute Gasteiger partial charge is 0.255 e. The molecule has 1 amide bonds. The molecule has 1 fully saturated rings. The Morgan fingerprint density at radius 3 is 2.79 bits per heavy atom. The summed E-state index contributed by atoms with van der Waals surface area (Å²) in [5.74, 6) is 0.620. The highest BCUT2D eigenvalue weighted by Gasteiger charge is 2.24. The molecule has 0 unspecified atom stereocenters. The molecular formula is C18H27FN2O3. The van der Waals surface area contributed by atoms with Crippen molar-refractivity contribution in [3.05, 3.63) is 23.3 Å². The largest absolute Gasteiger partial charge is 0.493 e. The summed E-state index contributed by atoms with van der Waals surface area (Å²) in [5.41, 5.74) is 1.11. The van der Waals surface area contributed by atoms with Crippen molar-refractivity contribution in [2.75, 3.05) is 40.5 Å². The lowest BCUT2D eigenvalue weighted by molar-refractivity contribution is 0.0937. The lowest BCUT2D eigenvalue weighted by atomic mass is 10.1. The summed E-state index contributed by atoms with van der Waals surface area (Å²) in [7, 11) is 3.01. The summed E-state index contributed by atoms with van der Waals surface area (Å²) in [6.45, 7) is 4.33. The van der Waals surface area contributed by atoms with Gasteiger partial charge >= 0.3 is 0 Å². The van der Waals surface area contributed by atoms with Gasteiger partial charge in [-0.1, -0.05) is 6.92 Å². The number of hydrogen-bond acceptors (Lipinski definition) is 4. The van der Waals surface area contributed by atoms with Crippen molar-refractivity contribution in [1.82, 2.24) is 10.2 Å². The third-order valence-corrected chi connectivity index (χ3v) is 4.57. The van der Waals surface area contributed by atoms with Crippen molar-refractivity contribution in [1.29, 1.82) is 0 Å². The van der Waals surface area contributed by atoms with Gasteiger partial charge in [-0.05, 0) is 43.6 Å². The molecule has 6 heteroatoms. The Labute approximate surface area is 143 Å². The van der Waals surface area contributed by atoms with E-state index in [1.54, 1.807) is 12.1 Å². The average molecular weight is 338 g/mol. The van der Waals surface area contributed by atoms with E-state index in [4.69, 9.17) is 9.47 Å². The van der Waals surface area contributed by atoms with Gasteiger partial charge in [-0.25, -0.2) is 0 Å². The molecule has 1 saturated heterocycles. The summed E-state index contributed by atoms with van der Waals surface area (Å²) in [5, 5.41) is 2.99. The second-order valence-corrected chi connectivity index (χ2v) is 5.95. The molecular weight excluding hydrogens is 311 g/mol. The molecule has 24 heavy (non-hydrogen) atoms. The van der Waals surface area contributed by atoms with Crippen molar-refractivity contribution >= 4 is 5.91 Å². The Hall–Kier alpha value is -1.82. The zero-order valence-corrected chi connectivity index (χ0v) is 14.7. The van der Waals surface area contributed by atoms with Gasteiger partial charge in [-0.2, -0.15) is 0 Å². The second kappa shape index (κ2) is 8.87. The monoisotopic (exact) mass is 338 g/mol. The summed E-state index contributed by atoms with van der Waals surface area (Å²) in [6.07, 6.45) is 2.50. The van der Waals surface area contributed by atoms with E-state index >= 15 is 0 Å². The van der Waals surface area contributed by atoms with E-state index in [0.29, 0.717) is 29.6 Å². The molecule has 1 aromatic rings. The summed E-state index contributed by atoms with van der Waals surface area (Å²) in [4.78, 5) is 15.0.